The minimum atomic E-state index is 0.426. The highest BCUT2D eigenvalue weighted by Gasteiger charge is 2.22. The summed E-state index contributed by atoms with van der Waals surface area (Å²) in [4.78, 5) is 59.5. The van der Waals surface area contributed by atoms with E-state index in [4.69, 9.17) is 41.1 Å². The lowest BCUT2D eigenvalue weighted by Crippen LogP contribution is -1.99. The predicted octanol–water partition coefficient (Wildman–Crippen LogP) is 23.6. The first-order valence-corrected chi connectivity index (χ1v) is 44.6. The molecule has 0 aliphatic heterocycles. The van der Waals surface area contributed by atoms with Crippen molar-refractivity contribution in [3.05, 3.63) is 347 Å². The lowest BCUT2D eigenvalue weighted by molar-refractivity contribution is 0.288. The monoisotopic (exact) mass is 1850 g/mol. The maximum atomic E-state index is 5.63. The van der Waals surface area contributed by atoms with Gasteiger partial charge in [0.15, 0.2) is 11.5 Å². The summed E-state index contributed by atoms with van der Waals surface area (Å²) in [6, 6.07) is 60.7. The van der Waals surface area contributed by atoms with Gasteiger partial charge in [-0.05, 0) is 312 Å². The highest BCUT2D eigenvalue weighted by atomic mass is 16.5. The van der Waals surface area contributed by atoms with Crippen LogP contribution < -0.4 is 9.47 Å². The minimum Gasteiger partial charge on any atom is -0.490 e. The van der Waals surface area contributed by atoms with Crippen LogP contribution in [0.2, 0.25) is 0 Å². The van der Waals surface area contributed by atoms with Gasteiger partial charge in [-0.15, -0.1) is 0 Å². The molecule has 139 heavy (non-hydrogen) atoms. The van der Waals surface area contributed by atoms with Gasteiger partial charge in [-0.2, -0.15) is 40.0 Å². The van der Waals surface area contributed by atoms with Gasteiger partial charge in [0.1, 0.15) is 5.69 Å². The second-order valence-electron chi connectivity index (χ2n) is 32.2. The van der Waals surface area contributed by atoms with E-state index in [2.05, 4.69) is 189 Å². The van der Waals surface area contributed by atoms with Gasteiger partial charge in [-0.3, -0.25) is 39.6 Å². The molecule has 21 aromatic rings. The van der Waals surface area contributed by atoms with E-state index in [1.54, 1.807) is 86.8 Å². The number of rotatable bonds is 19. The molecule has 15 aromatic heterocycles. The van der Waals surface area contributed by atoms with Gasteiger partial charge < -0.3 is 41.1 Å². The Bertz CT molecular complexity index is 7440. The highest BCUT2D eigenvalue weighted by molar-refractivity contribution is 5.69. The number of ether oxygens (including phenoxy) is 2. The molecule has 0 saturated heterocycles. The summed E-state index contributed by atoms with van der Waals surface area (Å²) in [5, 5.41) is 32.5. The van der Waals surface area contributed by atoms with Crippen molar-refractivity contribution in [3.8, 4) is 172 Å². The molecule has 0 N–H and O–H groups in total. The Kier molecular flexibility index (Phi) is 31.5. The number of hydrogen-bond donors (Lipinski definition) is 0. The third-order valence-corrected chi connectivity index (χ3v) is 21.6. The molecule has 0 fully saturated rings. The van der Waals surface area contributed by atoms with E-state index in [1.807, 2.05) is 226 Å². The first-order chi connectivity index (χ1) is 67.6. The first kappa shape index (κ1) is 95.8. The zero-order valence-electron chi connectivity index (χ0n) is 79.6. The average molecular weight is 1850 g/mol. The average Bonchev–Trinajstić information content (AvgIpc) is 1.67. The maximum absolute atomic E-state index is 5.63. The van der Waals surface area contributed by atoms with Crippen LogP contribution in [-0.2, 0) is 6.54 Å². The van der Waals surface area contributed by atoms with Gasteiger partial charge in [0.05, 0.1) is 18.9 Å². The van der Waals surface area contributed by atoms with Crippen molar-refractivity contribution in [2.24, 2.45) is 0 Å². The summed E-state index contributed by atoms with van der Waals surface area (Å²) < 4.78 is 50.4. The minimum absolute atomic E-state index is 0.426. The van der Waals surface area contributed by atoms with Gasteiger partial charge in [-0.25, -0.2) is 0 Å². The number of benzene rings is 6. The Morgan fingerprint density at radius 2 is 0.576 bits per heavy atom. The third kappa shape index (κ3) is 25.0. The summed E-state index contributed by atoms with van der Waals surface area (Å²) in [5.41, 5.74) is 27.2. The SMILES string of the molecule is CCOc1ccc(-c2nc(-c3cncc(C)c3)no2)cc1OCC.CCn1nc(C)cc1-c1nc(-c2ccncc2)no1.Cc1ccc(-c2nc(-c3cccnc3)no2)cc1C.Cc1ccc(-c2nc(-c3ccncc3C)no2)cc1C.Cc1ccc(-c2nc(-c3ccncc3C)no2)cc1C.Cc1cccc(-c2nc(-c3cccnc3)no2)c1.Cc1cncc(-c2noc(-c3cccc(C)c3)n2)c1. The third-order valence-electron chi connectivity index (χ3n) is 21.6. The molecule has 0 aliphatic carbocycles. The van der Waals surface area contributed by atoms with Gasteiger partial charge in [0.25, 0.3) is 41.2 Å². The molecule has 0 saturated carbocycles. The van der Waals surface area contributed by atoms with Crippen molar-refractivity contribution in [2.45, 2.75) is 117 Å². The smallest absolute Gasteiger partial charge is 0.276 e. The molecule has 0 radical (unpaired) electrons. The molecule has 15 heterocycles. The maximum Gasteiger partial charge on any atom is 0.276 e. The molecule has 21 rings (SSSR count). The lowest BCUT2D eigenvalue weighted by atomic mass is 10.1. The molecular weight excluding hydrogens is 1750 g/mol. The highest BCUT2D eigenvalue weighted by Crippen LogP contribution is 2.36. The van der Waals surface area contributed by atoms with Gasteiger partial charge in [0, 0.05) is 166 Å². The molecular formula is C107H99N23O9. The molecule has 32 nitrogen and oxygen atoms in total. The number of nitrogens with zero attached hydrogens (tertiary/aromatic N) is 23. The first-order valence-electron chi connectivity index (χ1n) is 44.6. The summed E-state index contributed by atoms with van der Waals surface area (Å²) >= 11 is 0. The van der Waals surface area contributed by atoms with E-state index < -0.39 is 0 Å². The fraction of sp³-hybridized carbons (Fsp3) is 0.178. The van der Waals surface area contributed by atoms with Crippen molar-refractivity contribution in [3.63, 3.8) is 0 Å². The fourth-order valence-corrected chi connectivity index (χ4v) is 13.8. The van der Waals surface area contributed by atoms with Crippen molar-refractivity contribution < 1.29 is 41.1 Å². The molecule has 0 unspecified atom stereocenters. The fourth-order valence-electron chi connectivity index (χ4n) is 13.8. The van der Waals surface area contributed by atoms with Gasteiger partial charge in [-0.1, -0.05) is 89.7 Å². The summed E-state index contributed by atoms with van der Waals surface area (Å²) in [7, 11) is 0. The number of aromatic nitrogens is 23. The van der Waals surface area contributed by atoms with Crippen LogP contribution in [-0.4, -0.2) is 129 Å². The van der Waals surface area contributed by atoms with E-state index in [-0.39, 0.29) is 0 Å². The van der Waals surface area contributed by atoms with Crippen LogP contribution in [0.15, 0.2) is 306 Å². The largest absolute Gasteiger partial charge is 0.490 e. The normalized spacial score (nSPS) is 10.7. The molecule has 0 bridgehead atoms. The van der Waals surface area contributed by atoms with E-state index in [1.165, 1.54) is 33.4 Å². The standard InChI is InChI=1S/C18H19N3O3.2C16H15N3O.2C15H13N3O.C14H11N3O.C13H13N5O/c1-4-22-15-7-6-13(9-16(15)23-5-2)18-20-17(21-24-18)14-8-12(3)10-19-11-14;2*1-10-4-5-13(8-11(10)2)16-18-15(19-20-16)14-6-7-17-9-12(14)3;1-10-5-6-12(8-11(10)2)15-17-14(18-19-15)13-4-3-7-16-9-13;1-10-4-3-5-12(6-10)15-17-14(18-19-15)13-7-11(2)8-16-9-13;1-10-4-2-5-11(8-10)14-16-13(17-18-14)12-6-3-7-15-9-12;1-3-18-11(8-9(2)16-18)13-15-12(17-19-13)10-4-6-14-7-5-10/h6-11H,4-5H2,1-3H3;2*4-9H,1-3H3;2*3-9H,1-2H3;2-9H,1H3;4-8H,3H2,1-2H3. The molecule has 0 amide bonds. The summed E-state index contributed by atoms with van der Waals surface area (Å²) in [6.45, 7) is 34.1. The summed E-state index contributed by atoms with van der Waals surface area (Å²) in [5.74, 6) is 8.86. The molecule has 6 aromatic carbocycles. The van der Waals surface area contributed by atoms with Crippen LogP contribution in [0.1, 0.15) is 93.2 Å². The van der Waals surface area contributed by atoms with Crippen molar-refractivity contribution in [1.82, 2.24) is 116 Å². The van der Waals surface area contributed by atoms with Crippen molar-refractivity contribution >= 4 is 0 Å². The zero-order chi connectivity index (χ0) is 97.3. The van der Waals surface area contributed by atoms with Crippen LogP contribution in [0.25, 0.3) is 160 Å². The quantitative estimate of drug-likeness (QED) is 0.0725. The van der Waals surface area contributed by atoms with E-state index in [9.17, 15) is 0 Å². The van der Waals surface area contributed by atoms with Crippen LogP contribution >= 0.6 is 0 Å². The Labute approximate surface area is 801 Å². The zero-order valence-corrected chi connectivity index (χ0v) is 79.6. The van der Waals surface area contributed by atoms with Crippen LogP contribution in [0.5, 0.6) is 11.5 Å². The Morgan fingerprint density at radius 1 is 0.237 bits per heavy atom. The topological polar surface area (TPSA) is 399 Å². The van der Waals surface area contributed by atoms with E-state index in [0.29, 0.717) is 107 Å². The molecule has 696 valence electrons. The number of hydrogen-bond acceptors (Lipinski definition) is 31. The van der Waals surface area contributed by atoms with Crippen LogP contribution in [0.3, 0.4) is 0 Å². The van der Waals surface area contributed by atoms with Gasteiger partial charge in [0.2, 0.25) is 40.8 Å². The Morgan fingerprint density at radius 3 is 0.964 bits per heavy atom. The molecule has 0 aliphatic rings. The van der Waals surface area contributed by atoms with E-state index in [0.717, 1.165) is 124 Å². The van der Waals surface area contributed by atoms with Crippen LogP contribution in [0, 0.1) is 90.0 Å². The predicted molar refractivity (Wildman–Crippen MR) is 526 cm³/mol. The Balaban J connectivity index is 0.000000123. The van der Waals surface area contributed by atoms with E-state index >= 15 is 0 Å². The second kappa shape index (κ2) is 45.7. The number of pyridine rings is 7. The second-order valence-corrected chi connectivity index (χ2v) is 32.2. The lowest BCUT2D eigenvalue weighted by Gasteiger charge is -2.11. The molecule has 0 atom stereocenters. The van der Waals surface area contributed by atoms with Crippen LogP contribution in [0.4, 0.5) is 0 Å². The Hall–Kier alpha value is -17.8. The van der Waals surface area contributed by atoms with Gasteiger partial charge >= 0.3 is 0 Å². The van der Waals surface area contributed by atoms with Crippen molar-refractivity contribution in [2.75, 3.05) is 13.2 Å². The molecule has 0 spiro atoms. The number of aryl methyl sites for hydroxylation is 14. The van der Waals surface area contributed by atoms with Crippen molar-refractivity contribution in [1.29, 1.82) is 0 Å². The molecule has 32 heteroatoms. The summed E-state index contributed by atoms with van der Waals surface area (Å²) in [6.07, 6.45) is 24.3.